The van der Waals surface area contributed by atoms with Crippen LogP contribution >= 0.6 is 0 Å². The molecule has 3 aromatic rings. The van der Waals surface area contributed by atoms with E-state index in [-0.39, 0.29) is 11.7 Å². The number of non-ortho nitro benzene ring substituents is 1. The Morgan fingerprint density at radius 2 is 1.82 bits per heavy atom. The Balaban J connectivity index is 1.68. The second-order valence-corrected chi connectivity index (χ2v) is 6.76. The zero-order valence-corrected chi connectivity index (χ0v) is 16.2. The van der Waals surface area contributed by atoms with Gasteiger partial charge < -0.3 is 9.32 Å². The molecule has 146 valence electrons. The summed E-state index contributed by atoms with van der Waals surface area (Å²) in [6.45, 7) is 2.66. The molecule has 3 rings (SSSR count). The van der Waals surface area contributed by atoms with Crippen molar-refractivity contribution in [2.75, 3.05) is 26.0 Å². The summed E-state index contributed by atoms with van der Waals surface area (Å²) in [4.78, 5) is 18.8. The van der Waals surface area contributed by atoms with E-state index in [2.05, 4.69) is 20.1 Å². The van der Waals surface area contributed by atoms with E-state index in [9.17, 15) is 10.1 Å². The van der Waals surface area contributed by atoms with Crippen LogP contribution in [-0.2, 0) is 6.54 Å². The molecule has 0 saturated heterocycles. The van der Waals surface area contributed by atoms with Crippen LogP contribution in [0.5, 0.6) is 0 Å². The van der Waals surface area contributed by atoms with Crippen molar-refractivity contribution in [1.82, 2.24) is 20.1 Å². The van der Waals surface area contributed by atoms with Crippen molar-refractivity contribution in [1.29, 1.82) is 0 Å². The van der Waals surface area contributed by atoms with Crippen molar-refractivity contribution < 1.29 is 9.34 Å². The monoisotopic (exact) mass is 382 g/mol. The van der Waals surface area contributed by atoms with Crippen molar-refractivity contribution in [2.45, 2.75) is 19.5 Å². The molecule has 2 heterocycles. The Kier molecular flexibility index (Phi) is 5.65. The molecule has 0 spiro atoms. The first kappa shape index (κ1) is 19.4. The summed E-state index contributed by atoms with van der Waals surface area (Å²) in [6, 6.07) is 9.95. The summed E-state index contributed by atoms with van der Waals surface area (Å²) >= 11 is 0. The fourth-order valence-corrected chi connectivity index (χ4v) is 2.63. The first-order valence-corrected chi connectivity index (χ1v) is 8.76. The Morgan fingerprint density at radius 1 is 1.11 bits per heavy atom. The van der Waals surface area contributed by atoms with E-state index < -0.39 is 4.92 Å². The van der Waals surface area contributed by atoms with Crippen LogP contribution in [0.3, 0.4) is 0 Å². The number of hydrogen-bond acceptors (Lipinski definition) is 8. The Hall–Kier alpha value is -3.33. The molecule has 9 heteroatoms. The van der Waals surface area contributed by atoms with Crippen LogP contribution in [0.25, 0.3) is 11.5 Å². The summed E-state index contributed by atoms with van der Waals surface area (Å²) in [5.74, 6) is 1.72. The molecule has 1 atom stereocenters. The topological polar surface area (TPSA) is 101 Å². The van der Waals surface area contributed by atoms with Crippen LogP contribution in [0, 0.1) is 10.1 Å². The summed E-state index contributed by atoms with van der Waals surface area (Å²) in [7, 11) is 5.88. The lowest BCUT2D eigenvalue weighted by molar-refractivity contribution is -0.384. The van der Waals surface area contributed by atoms with Gasteiger partial charge in [-0.1, -0.05) is 6.07 Å². The number of anilines is 1. The molecule has 0 aliphatic heterocycles. The number of nitro groups is 1. The average molecular weight is 382 g/mol. The molecule has 0 saturated carbocycles. The van der Waals surface area contributed by atoms with E-state index in [1.165, 1.54) is 12.1 Å². The molecule has 0 unspecified atom stereocenters. The molecule has 0 N–H and O–H groups in total. The fourth-order valence-electron chi connectivity index (χ4n) is 2.63. The highest BCUT2D eigenvalue weighted by Gasteiger charge is 2.20. The molecule has 28 heavy (non-hydrogen) atoms. The summed E-state index contributed by atoms with van der Waals surface area (Å²) in [5.41, 5.74) is 1.74. The number of hydrogen-bond donors (Lipinski definition) is 0. The van der Waals surface area contributed by atoms with E-state index in [1.54, 1.807) is 12.1 Å². The van der Waals surface area contributed by atoms with Gasteiger partial charge in [-0.15, -0.1) is 10.2 Å². The maximum Gasteiger partial charge on any atom is 0.269 e. The van der Waals surface area contributed by atoms with Gasteiger partial charge in [0.1, 0.15) is 5.82 Å². The fraction of sp³-hybridized carbons (Fsp3) is 0.316. The lowest BCUT2D eigenvalue weighted by atomic mass is 10.2. The molecule has 0 radical (unpaired) electrons. The number of rotatable bonds is 7. The van der Waals surface area contributed by atoms with E-state index in [0.717, 1.165) is 11.4 Å². The van der Waals surface area contributed by atoms with Crippen LogP contribution in [-0.4, -0.2) is 46.1 Å². The summed E-state index contributed by atoms with van der Waals surface area (Å²) in [5, 5.41) is 19.0. The van der Waals surface area contributed by atoms with Crippen LogP contribution in [0.2, 0.25) is 0 Å². The van der Waals surface area contributed by atoms with Crippen LogP contribution in [0.4, 0.5) is 11.5 Å². The second-order valence-electron chi connectivity index (χ2n) is 6.76. The Bertz CT molecular complexity index is 937. The Morgan fingerprint density at radius 3 is 2.39 bits per heavy atom. The maximum atomic E-state index is 10.8. The standard InChI is InChI=1S/C19H22N6O3/c1-13(24(4)12-14-5-10-17(20-11-14)23(2)3)18-21-22-19(28-18)15-6-8-16(9-7-15)25(26)27/h5-11,13H,12H2,1-4H3/t13-/m1/s1. The van der Waals surface area contributed by atoms with Gasteiger partial charge >= 0.3 is 0 Å². The molecular weight excluding hydrogens is 360 g/mol. The third kappa shape index (κ3) is 4.32. The van der Waals surface area contributed by atoms with Gasteiger partial charge in [0.2, 0.25) is 11.8 Å². The van der Waals surface area contributed by atoms with Gasteiger partial charge in [-0.2, -0.15) is 0 Å². The summed E-state index contributed by atoms with van der Waals surface area (Å²) < 4.78 is 5.79. The van der Waals surface area contributed by atoms with Crippen molar-refractivity contribution in [3.05, 3.63) is 64.2 Å². The van der Waals surface area contributed by atoms with Crippen LogP contribution in [0.15, 0.2) is 47.0 Å². The van der Waals surface area contributed by atoms with E-state index >= 15 is 0 Å². The summed E-state index contributed by atoms with van der Waals surface area (Å²) in [6.07, 6.45) is 1.86. The lowest BCUT2D eigenvalue weighted by Gasteiger charge is -2.22. The quantitative estimate of drug-likeness (QED) is 0.453. The van der Waals surface area contributed by atoms with Gasteiger partial charge in [0.25, 0.3) is 5.69 Å². The van der Waals surface area contributed by atoms with E-state index in [0.29, 0.717) is 23.9 Å². The molecule has 1 aromatic carbocycles. The first-order chi connectivity index (χ1) is 13.3. The van der Waals surface area contributed by atoms with Gasteiger partial charge in [0.15, 0.2) is 0 Å². The third-order valence-corrected chi connectivity index (χ3v) is 4.48. The second kappa shape index (κ2) is 8.13. The third-order valence-electron chi connectivity index (χ3n) is 4.48. The smallest absolute Gasteiger partial charge is 0.269 e. The predicted octanol–water partition coefficient (Wildman–Crippen LogP) is 3.30. The number of nitrogens with zero attached hydrogens (tertiary/aromatic N) is 6. The van der Waals surface area contributed by atoms with Crippen molar-refractivity contribution in [3.8, 4) is 11.5 Å². The number of nitro benzene ring substituents is 1. The molecule has 0 aliphatic rings. The average Bonchev–Trinajstić information content (AvgIpc) is 3.18. The zero-order chi connectivity index (χ0) is 20.3. The molecule has 0 amide bonds. The van der Waals surface area contributed by atoms with Gasteiger partial charge in [0.05, 0.1) is 11.0 Å². The highest BCUT2D eigenvalue weighted by molar-refractivity contribution is 5.55. The molecule has 2 aromatic heterocycles. The number of benzene rings is 1. The highest BCUT2D eigenvalue weighted by atomic mass is 16.6. The van der Waals surface area contributed by atoms with Gasteiger partial charge in [0, 0.05) is 44.5 Å². The Labute approximate surface area is 162 Å². The number of pyridine rings is 1. The van der Waals surface area contributed by atoms with Gasteiger partial charge in [-0.05, 0) is 37.7 Å². The molecule has 0 fully saturated rings. The van der Waals surface area contributed by atoms with E-state index in [1.807, 2.05) is 51.3 Å². The predicted molar refractivity (Wildman–Crippen MR) is 105 cm³/mol. The minimum Gasteiger partial charge on any atom is -0.419 e. The SMILES string of the molecule is C[C@H](c1nnc(-c2ccc([N+](=O)[O-])cc2)o1)N(C)Cc1ccc(N(C)C)nc1. The first-order valence-electron chi connectivity index (χ1n) is 8.76. The minimum absolute atomic E-state index is 0.0190. The number of aromatic nitrogens is 3. The highest BCUT2D eigenvalue weighted by Crippen LogP contribution is 2.25. The van der Waals surface area contributed by atoms with Crippen LogP contribution < -0.4 is 4.90 Å². The van der Waals surface area contributed by atoms with Crippen molar-refractivity contribution >= 4 is 11.5 Å². The largest absolute Gasteiger partial charge is 0.419 e. The maximum absolute atomic E-state index is 10.8. The van der Waals surface area contributed by atoms with E-state index in [4.69, 9.17) is 4.42 Å². The molecule has 0 aliphatic carbocycles. The molecule has 9 nitrogen and oxygen atoms in total. The molecular formula is C19H22N6O3. The lowest BCUT2D eigenvalue weighted by Crippen LogP contribution is -2.22. The zero-order valence-electron chi connectivity index (χ0n) is 16.2. The van der Waals surface area contributed by atoms with Crippen LogP contribution in [0.1, 0.15) is 24.4 Å². The van der Waals surface area contributed by atoms with Gasteiger partial charge in [-0.25, -0.2) is 4.98 Å². The minimum atomic E-state index is -0.444. The molecule has 0 bridgehead atoms. The van der Waals surface area contributed by atoms with Gasteiger partial charge in [-0.3, -0.25) is 15.0 Å². The normalized spacial score (nSPS) is 12.2. The van der Waals surface area contributed by atoms with Crippen molar-refractivity contribution in [3.63, 3.8) is 0 Å². The van der Waals surface area contributed by atoms with Crippen molar-refractivity contribution in [2.24, 2.45) is 0 Å².